The molecule has 19 nitrogen and oxygen atoms in total. The molecule has 1 saturated heterocycles. The van der Waals surface area contributed by atoms with Gasteiger partial charge in [0.25, 0.3) is 11.8 Å². The predicted octanol–water partition coefficient (Wildman–Crippen LogP) is -3.49. The predicted molar refractivity (Wildman–Crippen MR) is 132 cm³/mol. The highest BCUT2D eigenvalue weighted by Gasteiger charge is 2.54. The van der Waals surface area contributed by atoms with E-state index in [9.17, 15) is 42.5 Å². The van der Waals surface area contributed by atoms with Gasteiger partial charge < -0.3 is 42.6 Å². The van der Waals surface area contributed by atoms with Gasteiger partial charge >= 0.3 is 16.3 Å². The minimum Gasteiger partial charge on any atom is -0.503 e. The molecule has 21 heteroatoms. The number of thiazole rings is 1. The van der Waals surface area contributed by atoms with E-state index >= 15 is 0 Å². The molecule has 0 spiro atoms. The van der Waals surface area contributed by atoms with Crippen molar-refractivity contribution in [3.8, 4) is 5.75 Å². The molecule has 10 N–H and O–H groups in total. The summed E-state index contributed by atoms with van der Waals surface area (Å²) in [6, 6.07) is -3.07. The van der Waals surface area contributed by atoms with Crippen LogP contribution in [0.3, 0.4) is 0 Å². The zero-order chi connectivity index (χ0) is 28.9. The maximum atomic E-state index is 12.9. The van der Waals surface area contributed by atoms with E-state index in [1.807, 2.05) is 0 Å². The molecular formula is C18H23N9O10S2. The summed E-state index contributed by atoms with van der Waals surface area (Å²) in [7, 11) is -5.07. The van der Waals surface area contributed by atoms with Gasteiger partial charge in [0.1, 0.15) is 18.3 Å². The van der Waals surface area contributed by atoms with Crippen LogP contribution in [-0.4, -0.2) is 92.6 Å². The first-order valence-corrected chi connectivity index (χ1v) is 13.0. The Morgan fingerprint density at radius 2 is 2.00 bits per heavy atom. The van der Waals surface area contributed by atoms with E-state index in [2.05, 4.69) is 26.1 Å². The number of amides is 4. The smallest absolute Gasteiger partial charge is 0.362 e. The van der Waals surface area contributed by atoms with Gasteiger partial charge in [0.2, 0.25) is 5.43 Å². The van der Waals surface area contributed by atoms with Crippen molar-refractivity contribution in [2.45, 2.75) is 18.6 Å². The summed E-state index contributed by atoms with van der Waals surface area (Å²) in [5.74, 6) is -2.93. The highest BCUT2D eigenvalue weighted by molar-refractivity contribution is 7.84. The van der Waals surface area contributed by atoms with Crippen LogP contribution in [0.25, 0.3) is 0 Å². The van der Waals surface area contributed by atoms with Crippen LogP contribution in [0.15, 0.2) is 27.6 Å². The molecule has 0 bridgehead atoms. The fourth-order valence-corrected chi connectivity index (χ4v) is 4.68. The van der Waals surface area contributed by atoms with Gasteiger partial charge in [0.15, 0.2) is 16.6 Å². The number of nitrogens with two attached hydrogens (primary N) is 2. The highest BCUT2D eigenvalue weighted by Crippen LogP contribution is 2.23. The Morgan fingerprint density at radius 1 is 1.28 bits per heavy atom. The number of aromatic nitrogens is 2. The van der Waals surface area contributed by atoms with E-state index in [-0.39, 0.29) is 34.0 Å². The van der Waals surface area contributed by atoms with Crippen molar-refractivity contribution in [3.05, 3.63) is 39.3 Å². The number of hydrogen-bond donors (Lipinski definition) is 8. The monoisotopic (exact) mass is 589 g/mol. The lowest BCUT2D eigenvalue weighted by Gasteiger charge is -2.44. The van der Waals surface area contributed by atoms with Crippen LogP contribution in [0.1, 0.15) is 11.4 Å². The number of oxime groups is 1. The molecule has 2 aromatic rings. The van der Waals surface area contributed by atoms with Crippen molar-refractivity contribution in [1.29, 1.82) is 0 Å². The first kappa shape index (κ1) is 29.1. The number of rotatable bonds is 11. The van der Waals surface area contributed by atoms with Crippen LogP contribution in [0.5, 0.6) is 5.75 Å². The number of β-lactam (4-membered cyclic amide) rings is 1. The zero-order valence-corrected chi connectivity index (χ0v) is 21.3. The first-order valence-electron chi connectivity index (χ1n) is 10.7. The fourth-order valence-electron chi connectivity index (χ4n) is 3.25. The average Bonchev–Trinajstić information content (AvgIpc) is 3.28. The topological polar surface area (TPSA) is 294 Å². The van der Waals surface area contributed by atoms with E-state index in [0.29, 0.717) is 10.9 Å². The van der Waals surface area contributed by atoms with Gasteiger partial charge in [-0.2, -0.15) is 13.1 Å². The van der Waals surface area contributed by atoms with E-state index in [1.54, 1.807) is 0 Å². The van der Waals surface area contributed by atoms with E-state index in [4.69, 9.17) is 16.3 Å². The summed E-state index contributed by atoms with van der Waals surface area (Å²) in [5, 5.41) is 30.9. The number of urea groups is 1. The van der Waals surface area contributed by atoms with Crippen LogP contribution in [0.4, 0.5) is 9.93 Å². The molecule has 3 rings (SSSR count). The van der Waals surface area contributed by atoms with Gasteiger partial charge in [-0.15, -0.1) is 11.3 Å². The molecule has 212 valence electrons. The minimum absolute atomic E-state index is 0.00364. The Labute approximate surface area is 222 Å². The van der Waals surface area contributed by atoms with Crippen molar-refractivity contribution < 1.29 is 42.5 Å². The lowest BCUT2D eigenvalue weighted by atomic mass is 9.98. The molecule has 0 radical (unpaired) electrons. The van der Waals surface area contributed by atoms with Crippen molar-refractivity contribution in [2.24, 2.45) is 10.9 Å². The molecular weight excluding hydrogens is 566 g/mol. The van der Waals surface area contributed by atoms with Gasteiger partial charge in [-0.1, -0.05) is 5.16 Å². The van der Waals surface area contributed by atoms with Gasteiger partial charge in [-0.3, -0.25) is 18.9 Å². The SMILES string of the molecule is NCCO/N=C(\C(=O)N[C@@H]1C(=O)N(S(=O)(=O)O)[C@@H]1CNC(=O)NCc1cc(=O)c(O)cn1O)c1csc(N)n1. The second-order valence-electron chi connectivity index (χ2n) is 7.69. The van der Waals surface area contributed by atoms with E-state index in [1.165, 1.54) is 5.38 Å². The summed E-state index contributed by atoms with van der Waals surface area (Å²) in [6.07, 6.45) is 0.715. The Kier molecular flexibility index (Phi) is 8.90. The number of nitrogens with zero attached hydrogens (tertiary/aromatic N) is 4. The number of nitrogen functional groups attached to an aromatic ring is 1. The molecule has 0 saturated carbocycles. The normalized spacial score (nSPS) is 17.3. The van der Waals surface area contributed by atoms with Gasteiger partial charge in [0.05, 0.1) is 24.5 Å². The molecule has 0 unspecified atom stereocenters. The molecule has 0 aromatic carbocycles. The van der Waals surface area contributed by atoms with Crippen LogP contribution in [0, 0.1) is 0 Å². The lowest BCUT2D eigenvalue weighted by molar-refractivity contribution is -0.144. The van der Waals surface area contributed by atoms with Crippen molar-refractivity contribution in [2.75, 3.05) is 25.4 Å². The number of carbonyl (C=O) groups excluding carboxylic acids is 3. The molecule has 1 aliphatic rings. The van der Waals surface area contributed by atoms with Gasteiger partial charge in [-0.25, -0.2) is 14.1 Å². The third-order valence-corrected chi connectivity index (χ3v) is 6.66. The molecule has 2 aromatic heterocycles. The van der Waals surface area contributed by atoms with E-state index in [0.717, 1.165) is 17.4 Å². The molecule has 1 fully saturated rings. The van der Waals surface area contributed by atoms with Crippen molar-refractivity contribution in [3.63, 3.8) is 0 Å². The summed E-state index contributed by atoms with van der Waals surface area (Å²) >= 11 is 0.986. The Balaban J connectivity index is 1.70. The quantitative estimate of drug-likeness (QED) is 0.0316. The number of nitrogens with one attached hydrogen (secondary N) is 3. The van der Waals surface area contributed by atoms with Crippen LogP contribution >= 0.6 is 11.3 Å². The number of hydrogen-bond acceptors (Lipinski definition) is 14. The highest BCUT2D eigenvalue weighted by atomic mass is 32.2. The Bertz CT molecular complexity index is 1460. The summed E-state index contributed by atoms with van der Waals surface area (Å²) < 4.78 is 33.3. The molecule has 2 atom stereocenters. The molecule has 39 heavy (non-hydrogen) atoms. The summed E-state index contributed by atoms with van der Waals surface area (Å²) in [5.41, 5.74) is 9.59. The second-order valence-corrected chi connectivity index (χ2v) is 9.86. The zero-order valence-electron chi connectivity index (χ0n) is 19.7. The number of pyridine rings is 1. The standard InChI is InChI=1S/C18H23N9O10S2/c19-1-2-37-25-13(9-7-38-17(20)23-9)15(30)24-14-10(27(16(14)31)39(34,35)36)5-22-18(32)21-4-8-3-11(28)12(29)6-26(8)33/h3,6-7,10,14,29,33H,1-2,4-5,19H2,(H2,20,23)(H,24,30)(H2,21,22,32)(H,34,35,36)/b25-13-/t10-,14+/m1/s1. The minimum atomic E-state index is -5.07. The molecule has 1 aliphatic heterocycles. The van der Waals surface area contributed by atoms with Gasteiger partial charge in [0, 0.05) is 24.5 Å². The number of carbonyl (C=O) groups is 3. The van der Waals surface area contributed by atoms with Gasteiger partial charge in [-0.05, 0) is 0 Å². The lowest BCUT2D eigenvalue weighted by Crippen LogP contribution is -2.74. The maximum Gasteiger partial charge on any atom is 0.362 e. The van der Waals surface area contributed by atoms with E-state index < -0.39 is 70.2 Å². The largest absolute Gasteiger partial charge is 0.503 e. The molecule has 3 heterocycles. The van der Waals surface area contributed by atoms with Crippen LogP contribution in [-0.2, 0) is 31.3 Å². The van der Waals surface area contributed by atoms with Crippen LogP contribution in [0.2, 0.25) is 0 Å². The third kappa shape index (κ3) is 6.90. The van der Waals surface area contributed by atoms with Crippen molar-refractivity contribution >= 4 is 50.3 Å². The third-order valence-electron chi connectivity index (χ3n) is 5.04. The molecule has 4 amide bonds. The summed E-state index contributed by atoms with van der Waals surface area (Å²) in [6.45, 7) is -0.971. The molecule has 0 aliphatic carbocycles. The number of aromatic hydroxyl groups is 1. The van der Waals surface area contributed by atoms with Crippen molar-refractivity contribution in [1.82, 2.24) is 30.0 Å². The van der Waals surface area contributed by atoms with Crippen LogP contribution < -0.4 is 32.8 Å². The Morgan fingerprint density at radius 3 is 2.62 bits per heavy atom. The number of anilines is 1. The average molecular weight is 590 g/mol. The maximum absolute atomic E-state index is 12.9. The first-order chi connectivity index (χ1) is 18.3. The second kappa shape index (κ2) is 11.9. The fraction of sp³-hybridized carbons (Fsp3) is 0.333. The summed E-state index contributed by atoms with van der Waals surface area (Å²) in [4.78, 5) is 58.0. The Hall–Kier alpha value is -4.47.